The van der Waals surface area contributed by atoms with Crippen LogP contribution in [0.1, 0.15) is 50.0 Å². The molecule has 0 fully saturated rings. The van der Waals surface area contributed by atoms with Gasteiger partial charge in [0.1, 0.15) is 5.82 Å². The molecule has 0 spiro atoms. The Hall–Kier alpha value is -2.50. The second-order valence-corrected chi connectivity index (χ2v) is 7.57. The van der Waals surface area contributed by atoms with Crippen LogP contribution in [0.15, 0.2) is 29.2 Å². The van der Waals surface area contributed by atoms with Gasteiger partial charge >= 0.3 is 0 Å². The highest BCUT2D eigenvalue weighted by Gasteiger charge is 2.27. The summed E-state index contributed by atoms with van der Waals surface area (Å²) in [4.78, 5) is 35.3. The van der Waals surface area contributed by atoms with Crippen LogP contribution in [0, 0.1) is 6.92 Å². The largest absolute Gasteiger partial charge is 0.332 e. The van der Waals surface area contributed by atoms with Gasteiger partial charge in [0.2, 0.25) is 5.91 Å². The van der Waals surface area contributed by atoms with Crippen LogP contribution >= 0.6 is 0 Å². The minimum absolute atomic E-state index is 0.0328. The standard InChI is InChI=1S/C19H24N4O2/c1-13-6-5-7-17(25)23(13)9-8-16(24)22-11-14-10-20-18(19(2,3)4)21-15(14)12-22/h5-7,10H,8-9,11-12H2,1-4H3. The van der Waals surface area contributed by atoms with E-state index in [0.29, 0.717) is 26.1 Å². The van der Waals surface area contributed by atoms with Gasteiger partial charge in [-0.15, -0.1) is 0 Å². The van der Waals surface area contributed by atoms with Crippen LogP contribution in [0.4, 0.5) is 0 Å². The van der Waals surface area contributed by atoms with E-state index >= 15 is 0 Å². The van der Waals surface area contributed by atoms with Crippen molar-refractivity contribution in [3.63, 3.8) is 0 Å². The van der Waals surface area contributed by atoms with E-state index in [1.807, 2.05) is 19.2 Å². The van der Waals surface area contributed by atoms with Gasteiger partial charge in [-0.3, -0.25) is 9.59 Å². The third-order valence-electron chi connectivity index (χ3n) is 4.50. The predicted octanol–water partition coefficient (Wildman–Crippen LogP) is 2.18. The Morgan fingerprint density at radius 1 is 1.24 bits per heavy atom. The van der Waals surface area contributed by atoms with Gasteiger partial charge in [0.05, 0.1) is 12.2 Å². The molecule has 1 aliphatic heterocycles. The molecular weight excluding hydrogens is 316 g/mol. The van der Waals surface area contributed by atoms with Crippen LogP contribution in [0.3, 0.4) is 0 Å². The summed E-state index contributed by atoms with van der Waals surface area (Å²) in [6, 6.07) is 5.13. The van der Waals surface area contributed by atoms with Crippen molar-refractivity contribution in [1.29, 1.82) is 0 Å². The van der Waals surface area contributed by atoms with Crippen LogP contribution in [0.2, 0.25) is 0 Å². The van der Waals surface area contributed by atoms with Gasteiger partial charge in [-0.1, -0.05) is 26.8 Å². The van der Waals surface area contributed by atoms with Crippen molar-refractivity contribution in [2.45, 2.75) is 59.2 Å². The average molecular weight is 340 g/mol. The summed E-state index contributed by atoms with van der Waals surface area (Å²) in [5.74, 6) is 0.831. The summed E-state index contributed by atoms with van der Waals surface area (Å²) < 4.78 is 1.64. The molecule has 1 aliphatic rings. The van der Waals surface area contributed by atoms with Crippen LogP contribution in [0.25, 0.3) is 0 Å². The van der Waals surface area contributed by atoms with Crippen LogP contribution in [0.5, 0.6) is 0 Å². The van der Waals surface area contributed by atoms with E-state index in [-0.39, 0.29) is 16.9 Å². The first kappa shape index (κ1) is 17.3. The summed E-state index contributed by atoms with van der Waals surface area (Å²) in [5.41, 5.74) is 2.62. The quantitative estimate of drug-likeness (QED) is 0.859. The molecule has 0 unspecified atom stereocenters. The number of pyridine rings is 1. The Bertz CT molecular complexity index is 864. The monoisotopic (exact) mass is 340 g/mol. The molecule has 0 aliphatic carbocycles. The zero-order valence-electron chi connectivity index (χ0n) is 15.2. The molecule has 0 saturated carbocycles. The third kappa shape index (κ3) is 3.62. The molecule has 6 nitrogen and oxygen atoms in total. The molecule has 132 valence electrons. The van der Waals surface area contributed by atoms with Crippen LogP contribution in [-0.2, 0) is 29.8 Å². The smallest absolute Gasteiger partial charge is 0.250 e. The van der Waals surface area contributed by atoms with E-state index in [4.69, 9.17) is 0 Å². The highest BCUT2D eigenvalue weighted by Crippen LogP contribution is 2.25. The Kier molecular flexibility index (Phi) is 4.45. The number of rotatable bonds is 3. The fourth-order valence-corrected chi connectivity index (χ4v) is 2.97. The van der Waals surface area contributed by atoms with Crippen LogP contribution in [-0.4, -0.2) is 25.3 Å². The molecule has 2 aromatic heterocycles. The molecule has 0 N–H and O–H groups in total. The molecule has 25 heavy (non-hydrogen) atoms. The molecule has 3 rings (SSSR count). The zero-order chi connectivity index (χ0) is 18.2. The lowest BCUT2D eigenvalue weighted by atomic mass is 9.95. The summed E-state index contributed by atoms with van der Waals surface area (Å²) in [6.45, 7) is 9.56. The molecule has 3 heterocycles. The van der Waals surface area contributed by atoms with Gasteiger partial charge < -0.3 is 9.47 Å². The highest BCUT2D eigenvalue weighted by molar-refractivity contribution is 5.76. The second-order valence-electron chi connectivity index (χ2n) is 7.57. The van der Waals surface area contributed by atoms with Crippen molar-refractivity contribution in [3.8, 4) is 0 Å². The van der Waals surface area contributed by atoms with E-state index in [2.05, 4.69) is 30.7 Å². The van der Waals surface area contributed by atoms with Crippen molar-refractivity contribution in [2.24, 2.45) is 0 Å². The second kappa shape index (κ2) is 6.43. The maximum absolute atomic E-state index is 12.6. The number of hydrogen-bond donors (Lipinski definition) is 0. The summed E-state index contributed by atoms with van der Waals surface area (Å²) in [5, 5.41) is 0. The van der Waals surface area contributed by atoms with E-state index in [1.165, 1.54) is 6.07 Å². The lowest BCUT2D eigenvalue weighted by molar-refractivity contribution is -0.132. The zero-order valence-corrected chi connectivity index (χ0v) is 15.2. The van der Waals surface area contributed by atoms with Crippen molar-refractivity contribution in [2.75, 3.05) is 0 Å². The topological polar surface area (TPSA) is 68.1 Å². The lowest BCUT2D eigenvalue weighted by Crippen LogP contribution is -2.29. The molecule has 0 radical (unpaired) electrons. The van der Waals surface area contributed by atoms with Crippen molar-refractivity contribution < 1.29 is 4.79 Å². The Labute approximate surface area is 147 Å². The molecule has 0 aromatic carbocycles. The van der Waals surface area contributed by atoms with Gasteiger partial charge in [-0.2, -0.15) is 0 Å². The molecule has 1 amide bonds. The maximum Gasteiger partial charge on any atom is 0.250 e. The number of carbonyl (C=O) groups excluding carboxylic acids is 1. The lowest BCUT2D eigenvalue weighted by Gasteiger charge is -2.17. The maximum atomic E-state index is 12.6. The fourth-order valence-electron chi connectivity index (χ4n) is 2.97. The van der Waals surface area contributed by atoms with Gasteiger partial charge in [0, 0.05) is 48.4 Å². The molecule has 0 bridgehead atoms. The molecule has 6 heteroatoms. The number of aromatic nitrogens is 3. The molecule has 2 aromatic rings. The number of carbonyl (C=O) groups is 1. The normalized spacial score (nSPS) is 13.8. The van der Waals surface area contributed by atoms with E-state index in [9.17, 15) is 9.59 Å². The van der Waals surface area contributed by atoms with E-state index in [0.717, 1.165) is 22.8 Å². The number of amides is 1. The van der Waals surface area contributed by atoms with Gasteiger partial charge in [0.15, 0.2) is 0 Å². The first-order chi connectivity index (χ1) is 11.8. The first-order valence-electron chi connectivity index (χ1n) is 8.55. The Morgan fingerprint density at radius 3 is 2.68 bits per heavy atom. The fraction of sp³-hybridized carbons (Fsp3) is 0.474. The molecular formula is C19H24N4O2. The Balaban J connectivity index is 1.68. The highest BCUT2D eigenvalue weighted by atomic mass is 16.2. The minimum Gasteiger partial charge on any atom is -0.332 e. The van der Waals surface area contributed by atoms with Crippen molar-refractivity contribution in [3.05, 3.63) is 57.5 Å². The summed E-state index contributed by atoms with van der Waals surface area (Å²) >= 11 is 0. The first-order valence-corrected chi connectivity index (χ1v) is 8.55. The van der Waals surface area contributed by atoms with Gasteiger partial charge in [-0.25, -0.2) is 9.97 Å². The van der Waals surface area contributed by atoms with Crippen LogP contribution < -0.4 is 5.56 Å². The van der Waals surface area contributed by atoms with E-state index < -0.39 is 0 Å². The molecule has 0 atom stereocenters. The third-order valence-corrected chi connectivity index (χ3v) is 4.50. The molecule has 0 saturated heterocycles. The number of aryl methyl sites for hydroxylation is 1. The summed E-state index contributed by atoms with van der Waals surface area (Å²) in [6.07, 6.45) is 2.14. The van der Waals surface area contributed by atoms with Gasteiger partial charge in [0.25, 0.3) is 5.56 Å². The number of nitrogens with zero attached hydrogens (tertiary/aromatic N) is 4. The van der Waals surface area contributed by atoms with Crippen molar-refractivity contribution in [1.82, 2.24) is 19.4 Å². The SMILES string of the molecule is Cc1cccc(=O)n1CCC(=O)N1Cc2cnc(C(C)(C)C)nc2C1. The van der Waals surface area contributed by atoms with E-state index in [1.54, 1.807) is 15.5 Å². The van der Waals surface area contributed by atoms with Gasteiger partial charge in [-0.05, 0) is 13.0 Å². The number of fused-ring (bicyclic) bond motifs is 1. The predicted molar refractivity (Wildman–Crippen MR) is 95.0 cm³/mol. The minimum atomic E-state index is -0.113. The Morgan fingerprint density at radius 2 is 2.00 bits per heavy atom. The van der Waals surface area contributed by atoms with Crippen molar-refractivity contribution >= 4 is 5.91 Å². The number of hydrogen-bond acceptors (Lipinski definition) is 4. The summed E-state index contributed by atoms with van der Waals surface area (Å²) in [7, 11) is 0. The average Bonchev–Trinajstić information content (AvgIpc) is 2.96.